The largest absolute Gasteiger partial charge is 0.370 e. The first kappa shape index (κ1) is 78.5. The third kappa shape index (κ3) is 27.5. The van der Waals surface area contributed by atoms with Gasteiger partial charge in [-0.3, -0.25) is 67.3 Å². The van der Waals surface area contributed by atoms with Crippen LogP contribution in [0, 0.1) is 5.92 Å². The number of likely N-dealkylation sites (tertiary alicyclic amines) is 2. The van der Waals surface area contributed by atoms with Crippen LogP contribution < -0.4 is 82.7 Å². The number of nitrogens with two attached hydrogens (primary N) is 7. The lowest BCUT2D eigenvalue weighted by Crippen LogP contribution is -2.60. The summed E-state index contributed by atoms with van der Waals surface area (Å²) in [6, 6.07) is 4.51. The highest BCUT2D eigenvalue weighted by molar-refractivity contribution is 7.98. The van der Waals surface area contributed by atoms with Crippen LogP contribution in [0.5, 0.6) is 0 Å². The fourth-order valence-corrected chi connectivity index (χ4v) is 11.5. The number of carbonyl (C=O) groups is 13. The minimum Gasteiger partial charge on any atom is -0.370 e. The van der Waals surface area contributed by atoms with Gasteiger partial charge in [-0.1, -0.05) is 74.5 Å². The quantitative estimate of drug-likeness (QED) is 0.0173. The molecule has 0 aromatic heterocycles. The van der Waals surface area contributed by atoms with E-state index in [4.69, 9.17) is 40.1 Å². The highest BCUT2D eigenvalue weighted by Gasteiger charge is 2.42. The van der Waals surface area contributed by atoms with Crippen molar-refractivity contribution in [1.82, 2.24) is 52.3 Å². The van der Waals surface area contributed by atoms with E-state index in [2.05, 4.69) is 47.5 Å². The molecule has 95 heavy (non-hydrogen) atoms. The van der Waals surface area contributed by atoms with E-state index in [1.165, 1.54) is 21.6 Å². The van der Waals surface area contributed by atoms with Crippen LogP contribution in [0.1, 0.15) is 121 Å². The Balaban J connectivity index is 1.56. The molecule has 0 aliphatic carbocycles. The molecule has 0 spiro atoms. The van der Waals surface area contributed by atoms with Gasteiger partial charge in [-0.15, -0.1) is 0 Å². The number of unbranched alkanes of at least 4 members (excludes halogenated alkanes) is 1. The van der Waals surface area contributed by atoms with Gasteiger partial charge in [0.25, 0.3) is 0 Å². The Kier molecular flexibility index (Phi) is 33.9. The number of amides is 13. The van der Waals surface area contributed by atoms with E-state index in [0.717, 1.165) is 0 Å². The maximum absolute atomic E-state index is 14.7. The van der Waals surface area contributed by atoms with Crippen LogP contribution in [0.3, 0.4) is 0 Å². The maximum atomic E-state index is 14.7. The Labute approximate surface area is 558 Å². The normalized spacial score (nSPS) is 16.8. The molecule has 0 saturated carbocycles. The van der Waals surface area contributed by atoms with Crippen molar-refractivity contribution < 1.29 is 62.3 Å². The van der Waals surface area contributed by atoms with Crippen molar-refractivity contribution >= 4 is 94.5 Å². The Morgan fingerprint density at radius 1 is 0.537 bits per heavy atom. The van der Waals surface area contributed by atoms with Crippen molar-refractivity contribution in [1.29, 1.82) is 0 Å². The Bertz CT molecular complexity index is 2960. The molecule has 2 heterocycles. The molecule has 2 saturated heterocycles. The molecule has 4 rings (SSSR count). The van der Waals surface area contributed by atoms with Gasteiger partial charge in [0.1, 0.15) is 54.4 Å². The van der Waals surface area contributed by atoms with Crippen LogP contribution in [-0.2, 0) is 75.2 Å². The van der Waals surface area contributed by atoms with E-state index in [9.17, 15) is 62.3 Å². The van der Waals surface area contributed by atoms with E-state index in [-0.39, 0.29) is 83.0 Å². The van der Waals surface area contributed by atoms with Crippen LogP contribution in [-0.4, -0.2) is 198 Å². The van der Waals surface area contributed by atoms with Crippen LogP contribution in [0.2, 0.25) is 0 Å². The molecule has 22 N–H and O–H groups in total. The zero-order valence-electron chi connectivity index (χ0n) is 54.5. The van der Waals surface area contributed by atoms with Gasteiger partial charge in [0, 0.05) is 45.3 Å². The van der Waals surface area contributed by atoms with Gasteiger partial charge in [0.05, 0.1) is 12.6 Å². The average molecular weight is 1350 g/mol. The maximum Gasteiger partial charge on any atom is 0.245 e. The number of aliphatic imine (C=N–C) groups is 1. The van der Waals surface area contributed by atoms with E-state index in [1.54, 1.807) is 60.7 Å². The van der Waals surface area contributed by atoms with E-state index >= 15 is 0 Å². The minimum absolute atomic E-state index is 0.0736. The predicted octanol–water partition coefficient (Wildman–Crippen LogP) is -3.71. The first-order valence-corrected chi connectivity index (χ1v) is 33.6. The number of primary amides is 3. The van der Waals surface area contributed by atoms with Crippen LogP contribution in [0.4, 0.5) is 0 Å². The second-order valence-corrected chi connectivity index (χ2v) is 25.1. The monoisotopic (exact) mass is 1350 g/mol. The van der Waals surface area contributed by atoms with Crippen molar-refractivity contribution in [2.45, 2.75) is 183 Å². The highest BCUT2D eigenvalue weighted by Crippen LogP contribution is 2.24. The third-order valence-electron chi connectivity index (χ3n) is 16.0. The van der Waals surface area contributed by atoms with Gasteiger partial charge in [-0.05, 0) is 119 Å². The Morgan fingerprint density at radius 2 is 1.01 bits per heavy atom. The molecule has 0 radical (unpaired) electrons. The van der Waals surface area contributed by atoms with Gasteiger partial charge in [-0.2, -0.15) is 11.8 Å². The van der Waals surface area contributed by atoms with Crippen molar-refractivity contribution in [2.75, 3.05) is 44.7 Å². The zero-order chi connectivity index (χ0) is 70.1. The van der Waals surface area contributed by atoms with Gasteiger partial charge >= 0.3 is 0 Å². The summed E-state index contributed by atoms with van der Waals surface area (Å²) in [5.41, 5.74) is 40.6. The molecule has 2 aliphatic heterocycles. The molecule has 2 fully saturated rings. The highest BCUT2D eigenvalue weighted by atomic mass is 32.2. The minimum atomic E-state index is -1.64. The SMILES string of the molecule is CSCC[C@H](NC(=O)[C@H](CC(C)C)NC(=O)CNC(=O)[C@H](Cc1ccccc1)NC(=O)[C@@H](Cc1ccccc1)NC(=O)[C@H](CCC(N)=O)NC(=O)[C@H](CCC(N)=O)NC(=O)[C@H]1CCCN1C(=O)[C@@H](CCCCN)NC(=O)[C@H]1CCCN1C(=O)[C@H](N)CCCN=C(N)N)C(N)=O. The number of nitrogens with one attached hydrogen (secondary N) is 8. The van der Waals surface area contributed by atoms with Crippen molar-refractivity contribution in [3.63, 3.8) is 0 Å². The second kappa shape index (κ2) is 41.0. The standard InChI is InChI=1S/C63H98N18O13S/c1-37(2)33-45(57(89)74-41(53(68)85)27-32-95-3)73-52(84)36-72-54(86)46(34-38-15-6-4-7-16-38)78-58(90)47(35-39-17-8-5-9-18-39)79-56(88)42(23-25-50(66)82)75-55(87)43(24-26-51(67)83)76-59(91)49-22-14-31-81(49)62(94)44(20-10-11-28-64)77-60(92)48-21-13-30-80(48)61(93)40(65)19-12-29-71-63(69)70/h4-9,15-18,37,40-49H,10-14,19-36,64-65H2,1-3H3,(H2,66,82)(H2,67,83)(H2,68,85)(H,72,86)(H,73,84)(H,74,89)(H,75,87)(H,76,91)(H,77,92)(H,78,90)(H,79,88)(H4,69,70,71)/t40-,41+,42+,43+,44-,45+,46+,47-,48-,49-/m1/s1. The topological polar surface area (TPSA) is 519 Å². The average Bonchev–Trinajstić information content (AvgIpc) is 1.74. The Hall–Kier alpha value is -8.91. The molecule has 10 atom stereocenters. The summed E-state index contributed by atoms with van der Waals surface area (Å²) in [5.74, 6) is -9.80. The third-order valence-corrected chi connectivity index (χ3v) is 16.7. The summed E-state index contributed by atoms with van der Waals surface area (Å²) >= 11 is 1.45. The second-order valence-electron chi connectivity index (χ2n) is 24.1. The molecule has 2 aliphatic rings. The van der Waals surface area contributed by atoms with Gasteiger partial charge < -0.3 is 92.5 Å². The summed E-state index contributed by atoms with van der Waals surface area (Å²) in [7, 11) is 0. The molecule has 2 aromatic carbocycles. The number of carbonyl (C=O) groups excluding carboxylic acids is 13. The molecular weight excluding hydrogens is 1250 g/mol. The lowest BCUT2D eigenvalue weighted by molar-refractivity contribution is -0.144. The van der Waals surface area contributed by atoms with Crippen LogP contribution in [0.25, 0.3) is 0 Å². The molecule has 32 heteroatoms. The lowest BCUT2D eigenvalue weighted by atomic mass is 10.0. The number of hydrogen-bond acceptors (Lipinski definition) is 17. The summed E-state index contributed by atoms with van der Waals surface area (Å²) in [6.45, 7) is 3.86. The fourth-order valence-electron chi connectivity index (χ4n) is 11.0. The fraction of sp³-hybridized carbons (Fsp3) is 0.587. The van der Waals surface area contributed by atoms with Gasteiger partial charge in [-0.25, -0.2) is 0 Å². The number of hydrogen-bond donors (Lipinski definition) is 15. The van der Waals surface area contributed by atoms with Crippen LogP contribution >= 0.6 is 11.8 Å². The number of rotatable bonds is 42. The molecule has 13 amide bonds. The summed E-state index contributed by atoms with van der Waals surface area (Å²) < 4.78 is 0. The van der Waals surface area contributed by atoms with E-state index in [1.807, 2.05) is 20.1 Å². The molecule has 524 valence electrons. The first-order chi connectivity index (χ1) is 45.2. The number of nitrogens with zero attached hydrogens (tertiary/aromatic N) is 3. The van der Waals surface area contributed by atoms with Gasteiger partial charge in [0.15, 0.2) is 5.96 Å². The number of benzene rings is 2. The summed E-state index contributed by atoms with van der Waals surface area (Å²) in [6.07, 6.45) is 3.12. The summed E-state index contributed by atoms with van der Waals surface area (Å²) in [4.78, 5) is 185. The molecule has 0 unspecified atom stereocenters. The van der Waals surface area contributed by atoms with E-state index in [0.29, 0.717) is 55.4 Å². The van der Waals surface area contributed by atoms with E-state index < -0.39 is 169 Å². The van der Waals surface area contributed by atoms with Crippen molar-refractivity contribution in [2.24, 2.45) is 51.0 Å². The number of thioether (sulfide) groups is 1. The molecule has 0 bridgehead atoms. The molecular formula is C63H98N18O13S. The molecule has 31 nitrogen and oxygen atoms in total. The smallest absolute Gasteiger partial charge is 0.245 e. The zero-order valence-corrected chi connectivity index (χ0v) is 55.3. The van der Waals surface area contributed by atoms with Crippen molar-refractivity contribution in [3.05, 3.63) is 71.8 Å². The molecule has 2 aromatic rings. The van der Waals surface area contributed by atoms with Crippen molar-refractivity contribution in [3.8, 4) is 0 Å². The van der Waals surface area contributed by atoms with Crippen LogP contribution in [0.15, 0.2) is 65.7 Å². The number of guanidine groups is 1. The van der Waals surface area contributed by atoms with Gasteiger partial charge in [0.2, 0.25) is 76.8 Å². The lowest BCUT2D eigenvalue weighted by Gasteiger charge is -2.32. The predicted molar refractivity (Wildman–Crippen MR) is 356 cm³/mol. The Morgan fingerprint density at radius 3 is 1.51 bits per heavy atom. The first-order valence-electron chi connectivity index (χ1n) is 32.2. The summed E-state index contributed by atoms with van der Waals surface area (Å²) in [5, 5.41) is 21.1.